The third-order valence-electron chi connectivity index (χ3n) is 5.41. The van der Waals surface area contributed by atoms with Crippen LogP contribution in [0.25, 0.3) is 0 Å². The average molecular weight is 440 g/mol. The van der Waals surface area contributed by atoms with E-state index in [0.717, 1.165) is 38.0 Å². The fraction of sp³-hybridized carbons (Fsp3) is 0.833. The second kappa shape index (κ2) is 10.1. The minimum absolute atomic E-state index is 0.102. The highest BCUT2D eigenvalue weighted by Crippen LogP contribution is 2.30. The van der Waals surface area contributed by atoms with Crippen LogP contribution in [0.15, 0.2) is 17.1 Å². The summed E-state index contributed by atoms with van der Waals surface area (Å²) in [5.41, 5.74) is -4.08. The second-order valence-electron chi connectivity index (χ2n) is 7.90. The Bertz CT molecular complexity index is 680. The van der Waals surface area contributed by atoms with Crippen molar-refractivity contribution in [1.82, 2.24) is 19.8 Å². The highest BCUT2D eigenvalue weighted by atomic mass is 32.2. The van der Waals surface area contributed by atoms with Gasteiger partial charge in [0.15, 0.2) is 5.96 Å². The normalized spacial score (nSPS) is 21.9. The van der Waals surface area contributed by atoms with Gasteiger partial charge in [0.2, 0.25) is 0 Å². The molecule has 0 aliphatic carbocycles. The van der Waals surface area contributed by atoms with Crippen molar-refractivity contribution in [1.29, 1.82) is 0 Å². The van der Waals surface area contributed by atoms with Crippen molar-refractivity contribution in [3.8, 4) is 0 Å². The number of rotatable bonds is 6. The summed E-state index contributed by atoms with van der Waals surface area (Å²) in [4.78, 5) is 6.61. The highest BCUT2D eigenvalue weighted by Gasteiger charge is 2.50. The monoisotopic (exact) mass is 439 g/mol. The van der Waals surface area contributed by atoms with Crippen molar-refractivity contribution in [2.24, 2.45) is 10.9 Å². The molecule has 0 aromatic rings. The lowest BCUT2D eigenvalue weighted by molar-refractivity contribution is -0.0496. The van der Waals surface area contributed by atoms with Crippen LogP contribution in [-0.2, 0) is 10.0 Å². The molecule has 0 bridgehead atoms. The zero-order chi connectivity index (χ0) is 21.7. The topological polar surface area (TPSA) is 77.0 Å². The first-order valence-electron chi connectivity index (χ1n) is 9.93. The molecule has 7 nitrogen and oxygen atoms in total. The summed E-state index contributed by atoms with van der Waals surface area (Å²) < 4.78 is 61.4. The minimum Gasteiger partial charge on any atom is -0.356 e. The van der Waals surface area contributed by atoms with Crippen molar-refractivity contribution >= 4 is 16.0 Å². The summed E-state index contributed by atoms with van der Waals surface area (Å²) in [5, 5.41) is 6.64. The van der Waals surface area contributed by atoms with Gasteiger partial charge in [-0.25, -0.2) is 8.42 Å². The van der Waals surface area contributed by atoms with Gasteiger partial charge in [-0.05, 0) is 38.5 Å². The smallest absolute Gasteiger partial charge is 0.356 e. The quantitative estimate of drug-likeness (QED) is 0.375. The number of sulfonamides is 1. The Balaban J connectivity index is 1.72. The molecule has 2 saturated heterocycles. The molecule has 2 aliphatic heterocycles. The van der Waals surface area contributed by atoms with Crippen LogP contribution in [0, 0.1) is 5.92 Å². The molecule has 29 heavy (non-hydrogen) atoms. The van der Waals surface area contributed by atoms with Gasteiger partial charge < -0.3 is 10.6 Å². The number of hydrogen-bond acceptors (Lipinski definition) is 4. The summed E-state index contributed by atoms with van der Waals surface area (Å²) in [6.07, 6.45) is 2.78. The van der Waals surface area contributed by atoms with E-state index in [1.165, 1.54) is 0 Å². The maximum Gasteiger partial charge on any atom is 0.511 e. The molecule has 0 atom stereocenters. The average Bonchev–Trinajstić information content (AvgIpc) is 2.65. The zero-order valence-electron chi connectivity index (χ0n) is 17.1. The lowest BCUT2D eigenvalue weighted by Gasteiger charge is -2.34. The molecule has 2 rings (SSSR count). The fourth-order valence-electron chi connectivity index (χ4n) is 3.75. The number of nitrogens with zero attached hydrogens (tertiary/aromatic N) is 3. The van der Waals surface area contributed by atoms with E-state index in [1.54, 1.807) is 7.05 Å². The van der Waals surface area contributed by atoms with Gasteiger partial charge in [0.25, 0.3) is 0 Å². The van der Waals surface area contributed by atoms with Crippen molar-refractivity contribution in [2.45, 2.75) is 44.2 Å². The number of guanidine groups is 1. The number of likely N-dealkylation sites (tertiary alicyclic amines) is 1. The van der Waals surface area contributed by atoms with E-state index in [-0.39, 0.29) is 19.0 Å². The maximum absolute atomic E-state index is 12.7. The molecule has 0 aromatic heterocycles. The number of alkyl halides is 3. The molecule has 2 aliphatic rings. The molecule has 0 radical (unpaired) electrons. The molecule has 2 fully saturated rings. The predicted molar refractivity (Wildman–Crippen MR) is 108 cm³/mol. The number of aliphatic imine (C=N–C) groups is 1. The second-order valence-corrected chi connectivity index (χ2v) is 9.83. The van der Waals surface area contributed by atoms with Gasteiger partial charge in [0.05, 0.1) is 0 Å². The van der Waals surface area contributed by atoms with Crippen LogP contribution in [-0.4, -0.2) is 81.4 Å². The molecule has 2 N–H and O–H groups in total. The van der Waals surface area contributed by atoms with Crippen molar-refractivity contribution in [2.75, 3.05) is 46.3 Å². The van der Waals surface area contributed by atoms with Crippen LogP contribution in [0.1, 0.15) is 32.6 Å². The van der Waals surface area contributed by atoms with Crippen molar-refractivity contribution < 1.29 is 21.6 Å². The lowest BCUT2D eigenvalue weighted by atomic mass is 9.98. The third-order valence-corrected chi connectivity index (χ3v) is 7.04. The molecule has 11 heteroatoms. The molecule has 0 amide bonds. The van der Waals surface area contributed by atoms with Crippen LogP contribution >= 0.6 is 0 Å². The van der Waals surface area contributed by atoms with Crippen molar-refractivity contribution in [3.05, 3.63) is 12.2 Å². The van der Waals surface area contributed by atoms with E-state index < -0.39 is 15.5 Å². The minimum atomic E-state index is -5.23. The largest absolute Gasteiger partial charge is 0.511 e. The van der Waals surface area contributed by atoms with E-state index in [9.17, 15) is 21.6 Å². The van der Waals surface area contributed by atoms with Gasteiger partial charge in [0.1, 0.15) is 0 Å². The Labute approximate surface area is 171 Å². The van der Waals surface area contributed by atoms with Gasteiger partial charge in [-0.2, -0.15) is 17.5 Å². The Morgan fingerprint density at radius 3 is 2.21 bits per heavy atom. The highest BCUT2D eigenvalue weighted by molar-refractivity contribution is 7.90. The van der Waals surface area contributed by atoms with Crippen LogP contribution in [0.4, 0.5) is 13.2 Å². The molecule has 0 saturated carbocycles. The van der Waals surface area contributed by atoms with Crippen LogP contribution in [0.2, 0.25) is 0 Å². The van der Waals surface area contributed by atoms with Gasteiger partial charge in [-0.1, -0.05) is 12.2 Å². The first-order valence-corrected chi connectivity index (χ1v) is 11.4. The first kappa shape index (κ1) is 23.9. The molecule has 0 unspecified atom stereocenters. The summed E-state index contributed by atoms with van der Waals surface area (Å²) in [6, 6.07) is 0.321. The summed E-state index contributed by atoms with van der Waals surface area (Å²) in [5.74, 6) is 0.777. The van der Waals surface area contributed by atoms with E-state index in [4.69, 9.17) is 0 Å². The van der Waals surface area contributed by atoms with Crippen molar-refractivity contribution in [3.63, 3.8) is 0 Å². The Morgan fingerprint density at radius 1 is 1.14 bits per heavy atom. The first-order chi connectivity index (χ1) is 13.5. The number of hydrogen-bond donors (Lipinski definition) is 2. The lowest BCUT2D eigenvalue weighted by Crippen LogP contribution is -2.50. The van der Waals surface area contributed by atoms with Gasteiger partial charge in [-0.3, -0.25) is 9.89 Å². The standard InChI is InChI=1S/C18H32F3N5O2S/c1-14(2)13-25-8-6-16(7-9-25)24-17(22-3)23-12-15-4-10-26(11-5-15)29(27,28)18(19,20)21/h15-16H,1,4-13H2,2-3H3,(H2,22,23,24). The van der Waals surface area contributed by atoms with Crippen LogP contribution in [0.5, 0.6) is 0 Å². The number of piperidine rings is 2. The van der Waals surface area contributed by atoms with Crippen LogP contribution in [0.3, 0.4) is 0 Å². The summed E-state index contributed by atoms with van der Waals surface area (Å²) in [7, 11) is -3.54. The fourth-order valence-corrected chi connectivity index (χ4v) is 4.73. The molecule has 0 aromatic carbocycles. The SMILES string of the molecule is C=C(C)CN1CCC(NC(=NC)NCC2CCN(S(=O)(=O)C(F)(F)F)CC2)CC1. The summed E-state index contributed by atoms with van der Waals surface area (Å²) in [6.45, 7) is 9.21. The molecule has 0 spiro atoms. The molecule has 2 heterocycles. The van der Waals surface area contributed by atoms with E-state index in [0.29, 0.717) is 35.7 Å². The maximum atomic E-state index is 12.7. The predicted octanol–water partition coefficient (Wildman–Crippen LogP) is 1.75. The van der Waals surface area contributed by atoms with Crippen LogP contribution < -0.4 is 10.6 Å². The Kier molecular flexibility index (Phi) is 8.36. The van der Waals surface area contributed by atoms with Gasteiger partial charge in [0, 0.05) is 52.4 Å². The van der Waals surface area contributed by atoms with E-state index >= 15 is 0 Å². The summed E-state index contributed by atoms with van der Waals surface area (Å²) >= 11 is 0. The molecular weight excluding hydrogens is 407 g/mol. The number of nitrogens with one attached hydrogen (secondary N) is 2. The number of halogens is 3. The van der Waals surface area contributed by atoms with Gasteiger partial charge in [-0.15, -0.1) is 0 Å². The molecule has 168 valence electrons. The Morgan fingerprint density at radius 2 is 1.72 bits per heavy atom. The van der Waals surface area contributed by atoms with E-state index in [2.05, 4.69) is 27.1 Å². The van der Waals surface area contributed by atoms with E-state index in [1.807, 2.05) is 6.92 Å². The zero-order valence-corrected chi connectivity index (χ0v) is 17.9. The molecular formula is C18H32F3N5O2S. The third kappa shape index (κ3) is 6.85. The van der Waals surface area contributed by atoms with Gasteiger partial charge >= 0.3 is 15.5 Å². The Hall–Kier alpha value is -1.33.